The summed E-state index contributed by atoms with van der Waals surface area (Å²) in [6.07, 6.45) is 4.57. The number of carbonyl (C=O) groups is 2. The van der Waals surface area contributed by atoms with E-state index in [1.807, 2.05) is 17.0 Å². The summed E-state index contributed by atoms with van der Waals surface area (Å²) >= 11 is 0. The van der Waals surface area contributed by atoms with Gasteiger partial charge in [-0.3, -0.25) is 29.1 Å². The average molecular weight is 628 g/mol. The smallest absolute Gasteiger partial charge is 0.317 e. The van der Waals surface area contributed by atoms with Crippen LogP contribution < -0.4 is 4.72 Å². The number of rotatable bonds is 11. The zero-order valence-corrected chi connectivity index (χ0v) is 24.9. The number of carbonyl (C=O) groups excluding carboxylic acids is 1. The summed E-state index contributed by atoms with van der Waals surface area (Å²) in [5.41, 5.74) is 1.00. The number of pyridine rings is 2. The number of H-pyrrole nitrogens is 1. The molecule has 0 saturated carbocycles. The highest BCUT2D eigenvalue weighted by Crippen LogP contribution is 2.30. The van der Waals surface area contributed by atoms with Crippen LogP contribution in [-0.4, -0.2) is 101 Å². The van der Waals surface area contributed by atoms with Crippen LogP contribution in [0.4, 0.5) is 14.5 Å². The molecule has 0 radical (unpaired) electrons. The van der Waals surface area contributed by atoms with E-state index in [1.165, 1.54) is 13.2 Å². The number of nitrogens with one attached hydrogen (secondary N) is 2. The number of aliphatic carboxylic acids is 1. The maximum absolute atomic E-state index is 15.4. The molecule has 4 aromatic rings. The van der Waals surface area contributed by atoms with Crippen molar-refractivity contribution in [2.75, 3.05) is 51.0 Å². The second-order valence-electron chi connectivity index (χ2n) is 10.4. The fourth-order valence-electron chi connectivity index (χ4n) is 4.92. The maximum Gasteiger partial charge on any atom is 0.317 e. The van der Waals surface area contributed by atoms with Gasteiger partial charge in [0.2, 0.25) is 5.78 Å². The Morgan fingerprint density at radius 1 is 1.05 bits per heavy atom. The Morgan fingerprint density at radius 3 is 2.41 bits per heavy atom. The summed E-state index contributed by atoms with van der Waals surface area (Å²) < 4.78 is 58.1. The highest BCUT2D eigenvalue weighted by atomic mass is 32.2. The van der Waals surface area contributed by atoms with Crippen molar-refractivity contribution < 1.29 is 31.9 Å². The van der Waals surface area contributed by atoms with Crippen LogP contribution in [0.5, 0.6) is 0 Å². The van der Waals surface area contributed by atoms with Crippen LogP contribution in [0.2, 0.25) is 0 Å². The van der Waals surface area contributed by atoms with Crippen molar-refractivity contribution in [3.05, 3.63) is 77.4 Å². The molecule has 1 aliphatic rings. The minimum Gasteiger partial charge on any atom is -0.480 e. The number of piperazine rings is 1. The molecule has 0 atom stereocenters. The summed E-state index contributed by atoms with van der Waals surface area (Å²) in [6.45, 7) is 5.13. The van der Waals surface area contributed by atoms with E-state index in [9.17, 15) is 22.4 Å². The van der Waals surface area contributed by atoms with Crippen LogP contribution >= 0.6 is 0 Å². The van der Waals surface area contributed by atoms with Gasteiger partial charge in [0, 0.05) is 87.0 Å². The van der Waals surface area contributed by atoms with E-state index in [-0.39, 0.29) is 18.7 Å². The number of aromatic nitrogens is 3. The Morgan fingerprint density at radius 2 is 1.75 bits per heavy atom. The van der Waals surface area contributed by atoms with Gasteiger partial charge in [0.15, 0.2) is 5.82 Å². The molecule has 0 amide bonds. The van der Waals surface area contributed by atoms with E-state index < -0.39 is 44.8 Å². The topological polar surface area (TPSA) is 152 Å². The Labute approximate surface area is 252 Å². The first kappa shape index (κ1) is 31.1. The van der Waals surface area contributed by atoms with Crippen molar-refractivity contribution in [3.63, 3.8) is 0 Å². The number of ketones is 1. The van der Waals surface area contributed by atoms with E-state index in [0.717, 1.165) is 35.2 Å². The number of nitrogens with zero attached hydrogens (tertiary/aromatic N) is 5. The van der Waals surface area contributed by atoms with Gasteiger partial charge in [-0.15, -0.1) is 0 Å². The third-order valence-corrected chi connectivity index (χ3v) is 9.11. The first-order valence-electron chi connectivity index (χ1n) is 13.8. The largest absolute Gasteiger partial charge is 0.480 e. The number of hydrogen-bond donors (Lipinski definition) is 3. The van der Waals surface area contributed by atoms with Gasteiger partial charge in [-0.25, -0.2) is 13.8 Å². The van der Waals surface area contributed by atoms with Crippen LogP contribution in [0.25, 0.3) is 22.2 Å². The van der Waals surface area contributed by atoms with Gasteiger partial charge < -0.3 is 10.1 Å². The molecule has 15 heteroatoms. The molecule has 0 aliphatic carbocycles. The molecule has 0 spiro atoms. The molecular weight excluding hydrogens is 596 g/mol. The first-order valence-corrected chi connectivity index (χ1v) is 15.3. The first-order chi connectivity index (χ1) is 21.0. The highest BCUT2D eigenvalue weighted by Gasteiger charge is 2.27. The van der Waals surface area contributed by atoms with E-state index in [4.69, 9.17) is 5.11 Å². The SMILES string of the molecule is CCN(C)S(=O)(=O)Nc1ccc(F)c(C(=O)c2c[nH]c3ncc(-c4ccc(CN5CCN(CC(=O)O)CC5)nc4)cc23)c1F. The molecule has 0 bridgehead atoms. The van der Waals surface area contributed by atoms with E-state index >= 15 is 4.39 Å². The third kappa shape index (κ3) is 6.60. The lowest BCUT2D eigenvalue weighted by molar-refractivity contribution is -0.138. The number of halogens is 2. The van der Waals surface area contributed by atoms with Crippen molar-refractivity contribution in [1.82, 2.24) is 29.1 Å². The number of hydrogen-bond acceptors (Lipinski definition) is 8. The summed E-state index contributed by atoms with van der Waals surface area (Å²) in [7, 11) is -2.83. The fourth-order valence-corrected chi connectivity index (χ4v) is 5.86. The lowest BCUT2D eigenvalue weighted by Gasteiger charge is -2.33. The van der Waals surface area contributed by atoms with Crippen LogP contribution in [-0.2, 0) is 21.5 Å². The minimum absolute atomic E-state index is 0.0300. The monoisotopic (exact) mass is 627 g/mol. The molecule has 3 N–H and O–H groups in total. The minimum atomic E-state index is -4.12. The molecule has 3 aromatic heterocycles. The molecule has 12 nitrogen and oxygen atoms in total. The zero-order chi connectivity index (χ0) is 31.6. The molecule has 1 aliphatic heterocycles. The van der Waals surface area contributed by atoms with E-state index in [2.05, 4.69) is 24.6 Å². The van der Waals surface area contributed by atoms with Crippen LogP contribution in [0.15, 0.2) is 48.9 Å². The van der Waals surface area contributed by atoms with Crippen molar-refractivity contribution in [2.24, 2.45) is 0 Å². The molecular formula is C29H31F2N7O5S. The highest BCUT2D eigenvalue weighted by molar-refractivity contribution is 7.90. The zero-order valence-electron chi connectivity index (χ0n) is 24.0. The molecule has 5 rings (SSSR count). The average Bonchev–Trinajstić information content (AvgIpc) is 3.42. The molecule has 0 unspecified atom stereocenters. The van der Waals surface area contributed by atoms with Crippen LogP contribution in [0.1, 0.15) is 28.5 Å². The Kier molecular flexibility index (Phi) is 9.01. The van der Waals surface area contributed by atoms with Gasteiger partial charge in [-0.1, -0.05) is 13.0 Å². The molecule has 1 fully saturated rings. The number of carboxylic acids is 1. The number of carboxylic acid groups (broad SMARTS) is 1. The molecule has 1 saturated heterocycles. The lowest BCUT2D eigenvalue weighted by Crippen LogP contribution is -2.47. The van der Waals surface area contributed by atoms with E-state index in [0.29, 0.717) is 41.8 Å². The van der Waals surface area contributed by atoms with Crippen molar-refractivity contribution in [3.8, 4) is 11.1 Å². The second-order valence-corrected chi connectivity index (χ2v) is 12.2. The van der Waals surface area contributed by atoms with Gasteiger partial charge in [-0.05, 0) is 24.3 Å². The number of fused-ring (bicyclic) bond motifs is 1. The fraction of sp³-hybridized carbons (Fsp3) is 0.310. The van der Waals surface area contributed by atoms with Gasteiger partial charge in [0.1, 0.15) is 11.5 Å². The predicted octanol–water partition coefficient (Wildman–Crippen LogP) is 2.94. The summed E-state index contributed by atoms with van der Waals surface area (Å²) in [5, 5.41) is 9.30. The van der Waals surface area contributed by atoms with Crippen LogP contribution in [0.3, 0.4) is 0 Å². The standard InChI is InChI=1S/C29H31F2N7O5S/c1-3-36(2)44(42,43)35-24-7-6-23(30)26(27(24)31)28(41)22-15-34-29-21(22)12-19(14-33-29)18-4-5-20(32-13-18)16-37-8-10-38(11-9-37)17-25(39)40/h4-7,12-15,35H,3,8-11,16-17H2,1-2H3,(H,33,34)(H,39,40). The molecule has 232 valence electrons. The quantitative estimate of drug-likeness (QED) is 0.213. The lowest BCUT2D eigenvalue weighted by atomic mass is 10.00. The van der Waals surface area contributed by atoms with Gasteiger partial charge in [-0.2, -0.15) is 12.7 Å². The number of anilines is 1. The van der Waals surface area contributed by atoms with Crippen molar-refractivity contribution in [2.45, 2.75) is 13.5 Å². The maximum atomic E-state index is 15.4. The normalized spacial score (nSPS) is 14.8. The Hall–Kier alpha value is -4.31. The van der Waals surface area contributed by atoms with Gasteiger partial charge >= 0.3 is 16.2 Å². The van der Waals surface area contributed by atoms with Crippen LogP contribution in [0, 0.1) is 11.6 Å². The second kappa shape index (κ2) is 12.7. The Bertz CT molecular complexity index is 1810. The Balaban J connectivity index is 1.36. The molecule has 44 heavy (non-hydrogen) atoms. The van der Waals surface area contributed by atoms with Gasteiger partial charge in [0.05, 0.1) is 23.5 Å². The molecule has 1 aromatic carbocycles. The van der Waals surface area contributed by atoms with Crippen molar-refractivity contribution in [1.29, 1.82) is 0 Å². The third-order valence-electron chi connectivity index (χ3n) is 7.56. The summed E-state index contributed by atoms with van der Waals surface area (Å²) in [5.74, 6) is -4.29. The summed E-state index contributed by atoms with van der Waals surface area (Å²) in [6, 6.07) is 7.17. The predicted molar refractivity (Wildman–Crippen MR) is 159 cm³/mol. The van der Waals surface area contributed by atoms with Crippen molar-refractivity contribution >= 4 is 38.7 Å². The number of benzene rings is 1. The number of aromatic amines is 1. The van der Waals surface area contributed by atoms with Gasteiger partial charge in [0.25, 0.3) is 0 Å². The van der Waals surface area contributed by atoms with E-state index in [1.54, 1.807) is 25.4 Å². The summed E-state index contributed by atoms with van der Waals surface area (Å²) in [4.78, 5) is 40.3. The molecule has 4 heterocycles.